The molecule has 0 spiro atoms. The van der Waals surface area contributed by atoms with Crippen molar-refractivity contribution in [2.75, 3.05) is 23.8 Å². The first-order valence-corrected chi connectivity index (χ1v) is 16.0. The minimum absolute atomic E-state index is 0.0438. The number of halogens is 3. The monoisotopic (exact) mass is 706 g/mol. The van der Waals surface area contributed by atoms with Gasteiger partial charge in [-0.15, -0.1) is 0 Å². The first-order chi connectivity index (χ1) is 23.2. The maximum Gasteiger partial charge on any atom is 0.238 e. The summed E-state index contributed by atoms with van der Waals surface area (Å²) in [5.41, 5.74) is 5.57. The number of carbonyl (C=O) groups excluding carboxylic acids is 2. The highest BCUT2D eigenvalue weighted by atomic mass is 35.5. The summed E-state index contributed by atoms with van der Waals surface area (Å²) >= 11 is 17.6. The number of hydrogen-bond acceptors (Lipinski definition) is 9. The summed E-state index contributed by atoms with van der Waals surface area (Å²) in [7, 11) is 3.62. The first kappa shape index (κ1) is 33.2. The van der Waals surface area contributed by atoms with Crippen LogP contribution in [0.2, 0.25) is 15.2 Å². The summed E-state index contributed by atoms with van der Waals surface area (Å²) in [5.74, 6) is -0.563. The van der Waals surface area contributed by atoms with Gasteiger partial charge in [0.1, 0.15) is 23.7 Å². The van der Waals surface area contributed by atoms with Crippen molar-refractivity contribution < 1.29 is 14.3 Å². The Bertz CT molecular complexity index is 2120. The van der Waals surface area contributed by atoms with Gasteiger partial charge in [0.25, 0.3) is 0 Å². The van der Waals surface area contributed by atoms with Crippen LogP contribution < -0.4 is 10.6 Å². The van der Waals surface area contributed by atoms with E-state index >= 15 is 0 Å². The molecule has 1 unspecified atom stereocenters. The first-order valence-electron chi connectivity index (χ1n) is 14.9. The minimum atomic E-state index is -0.492. The second-order valence-corrected chi connectivity index (χ2v) is 12.2. The van der Waals surface area contributed by atoms with Crippen molar-refractivity contribution in [3.05, 3.63) is 93.5 Å². The van der Waals surface area contributed by atoms with Gasteiger partial charge in [-0.25, -0.2) is 19.9 Å². The van der Waals surface area contributed by atoms with E-state index in [1.807, 2.05) is 19.2 Å². The van der Waals surface area contributed by atoms with Crippen LogP contribution in [-0.4, -0.2) is 64.5 Å². The number of carbonyl (C=O) groups is 2. The van der Waals surface area contributed by atoms with Crippen LogP contribution >= 0.6 is 34.8 Å². The largest absolute Gasteiger partial charge is 0.381 e. The maximum absolute atomic E-state index is 12.4. The Morgan fingerprint density at radius 2 is 1.40 bits per heavy atom. The van der Waals surface area contributed by atoms with Crippen LogP contribution in [0.5, 0.6) is 0 Å². The second kappa shape index (κ2) is 14.6. The van der Waals surface area contributed by atoms with Gasteiger partial charge in [-0.2, -0.15) is 10.2 Å². The highest BCUT2D eigenvalue weighted by Crippen LogP contribution is 2.39. The number of hydrogen-bond donors (Lipinski definition) is 2. The molecule has 7 heterocycles. The third kappa shape index (κ3) is 7.24. The molecule has 48 heavy (non-hydrogen) atoms. The van der Waals surface area contributed by atoms with Gasteiger partial charge in [0, 0.05) is 48.7 Å². The molecule has 9 rings (SSSR count). The molecule has 2 amide bonds. The van der Waals surface area contributed by atoms with Crippen molar-refractivity contribution in [2.45, 2.75) is 25.2 Å². The molecule has 0 radical (unpaired) electrons. The minimum Gasteiger partial charge on any atom is -0.381 e. The van der Waals surface area contributed by atoms with Gasteiger partial charge in [0.15, 0.2) is 11.3 Å². The Kier molecular flexibility index (Phi) is 10.1. The number of rotatable bonds is 1. The van der Waals surface area contributed by atoms with E-state index in [1.54, 1.807) is 53.1 Å². The topological polar surface area (TPSA) is 155 Å². The van der Waals surface area contributed by atoms with Gasteiger partial charge in [-0.3, -0.25) is 19.0 Å². The summed E-state index contributed by atoms with van der Waals surface area (Å²) < 4.78 is 8.26. The SMILES string of the molecule is C1CCOC1.Cn1ncc2c(C3C(=O)Nc4ccc(Cl)cc43)ncnc21.Cn1ncc2c(Cl)ncnc21.O=C1Cc2cc(Cl)ccc2N1. The Morgan fingerprint density at radius 3 is 2.06 bits per heavy atom. The van der Waals surface area contributed by atoms with Crippen LogP contribution in [0.15, 0.2) is 61.4 Å². The van der Waals surface area contributed by atoms with Gasteiger partial charge in [-0.05, 0) is 60.4 Å². The Hall–Kier alpha value is -4.69. The van der Waals surface area contributed by atoms with E-state index in [1.165, 1.54) is 25.5 Å². The summed E-state index contributed by atoms with van der Waals surface area (Å²) in [5, 5.41) is 17.0. The van der Waals surface area contributed by atoms with Crippen molar-refractivity contribution >= 4 is 80.1 Å². The lowest BCUT2D eigenvalue weighted by Gasteiger charge is -2.09. The van der Waals surface area contributed by atoms with E-state index in [0.717, 1.165) is 52.1 Å². The van der Waals surface area contributed by atoms with E-state index in [0.29, 0.717) is 33.0 Å². The molecule has 16 heteroatoms. The van der Waals surface area contributed by atoms with Crippen LogP contribution in [0.25, 0.3) is 22.1 Å². The van der Waals surface area contributed by atoms with Gasteiger partial charge in [0.2, 0.25) is 11.8 Å². The third-order valence-corrected chi connectivity index (χ3v) is 8.45. The van der Waals surface area contributed by atoms with Gasteiger partial charge >= 0.3 is 0 Å². The summed E-state index contributed by atoms with van der Waals surface area (Å²) in [6, 6.07) is 10.8. The Labute approximate surface area is 289 Å². The van der Waals surface area contributed by atoms with Crippen molar-refractivity contribution in [2.24, 2.45) is 14.1 Å². The zero-order valence-electron chi connectivity index (χ0n) is 25.8. The second-order valence-electron chi connectivity index (χ2n) is 10.9. The molecule has 4 aromatic heterocycles. The van der Waals surface area contributed by atoms with Crippen LogP contribution in [0.4, 0.5) is 11.4 Å². The molecule has 3 aliphatic heterocycles. The predicted molar refractivity (Wildman–Crippen MR) is 183 cm³/mol. The van der Waals surface area contributed by atoms with Crippen molar-refractivity contribution in [3.8, 4) is 0 Å². The fraction of sp³-hybridized carbons (Fsp3) is 0.250. The molecule has 246 valence electrons. The molecule has 3 aliphatic rings. The van der Waals surface area contributed by atoms with Gasteiger partial charge < -0.3 is 15.4 Å². The highest BCUT2D eigenvalue weighted by molar-refractivity contribution is 6.33. The van der Waals surface area contributed by atoms with Gasteiger partial charge in [0.05, 0.1) is 35.3 Å². The number of nitrogens with zero attached hydrogens (tertiary/aromatic N) is 8. The van der Waals surface area contributed by atoms with Crippen molar-refractivity contribution in [1.29, 1.82) is 0 Å². The van der Waals surface area contributed by atoms with E-state index in [2.05, 4.69) is 40.8 Å². The van der Waals surface area contributed by atoms with Crippen molar-refractivity contribution in [1.82, 2.24) is 39.5 Å². The molecular weight excluding hydrogens is 679 g/mol. The lowest BCUT2D eigenvalue weighted by atomic mass is 9.95. The van der Waals surface area contributed by atoms with Gasteiger partial charge in [-0.1, -0.05) is 34.8 Å². The smallest absolute Gasteiger partial charge is 0.238 e. The fourth-order valence-corrected chi connectivity index (χ4v) is 5.91. The highest BCUT2D eigenvalue weighted by Gasteiger charge is 2.35. The maximum atomic E-state index is 12.4. The van der Waals surface area contributed by atoms with E-state index in [9.17, 15) is 9.59 Å². The molecule has 2 N–H and O–H groups in total. The Balaban J connectivity index is 0.000000125. The lowest BCUT2D eigenvalue weighted by molar-refractivity contribution is -0.116. The van der Waals surface area contributed by atoms with Crippen LogP contribution in [-0.2, 0) is 34.8 Å². The molecular formula is C32H29Cl3N10O3. The molecule has 6 aromatic rings. The zero-order chi connectivity index (χ0) is 33.8. The van der Waals surface area contributed by atoms with Crippen LogP contribution in [0.3, 0.4) is 0 Å². The normalized spacial score (nSPS) is 15.7. The average Bonchev–Trinajstić information content (AvgIpc) is 3.91. The number of ether oxygens (including phenoxy) is 1. The molecule has 0 aliphatic carbocycles. The van der Waals surface area contributed by atoms with E-state index < -0.39 is 5.92 Å². The number of amides is 2. The van der Waals surface area contributed by atoms with E-state index in [-0.39, 0.29) is 11.8 Å². The third-order valence-electron chi connectivity index (χ3n) is 7.68. The lowest BCUT2D eigenvalue weighted by Crippen LogP contribution is -2.15. The van der Waals surface area contributed by atoms with Crippen LogP contribution in [0.1, 0.15) is 35.6 Å². The number of aryl methyl sites for hydroxylation is 2. The summed E-state index contributed by atoms with van der Waals surface area (Å²) in [6.45, 7) is 2.00. The summed E-state index contributed by atoms with van der Waals surface area (Å²) in [6.07, 6.45) is 9.22. The zero-order valence-corrected chi connectivity index (χ0v) is 28.1. The molecule has 2 aromatic carbocycles. The average molecular weight is 708 g/mol. The molecule has 0 saturated carbocycles. The van der Waals surface area contributed by atoms with E-state index in [4.69, 9.17) is 39.5 Å². The molecule has 1 fully saturated rings. The molecule has 0 bridgehead atoms. The number of anilines is 2. The molecule has 1 saturated heterocycles. The number of aromatic nitrogens is 8. The number of fused-ring (bicyclic) bond motifs is 4. The molecule has 13 nitrogen and oxygen atoms in total. The van der Waals surface area contributed by atoms with Crippen LogP contribution in [0, 0.1) is 0 Å². The number of nitrogens with one attached hydrogen (secondary N) is 2. The Morgan fingerprint density at radius 1 is 0.771 bits per heavy atom. The van der Waals surface area contributed by atoms with Crippen molar-refractivity contribution in [3.63, 3.8) is 0 Å². The fourth-order valence-electron chi connectivity index (χ4n) is 5.36. The quantitative estimate of drug-likeness (QED) is 0.203. The summed E-state index contributed by atoms with van der Waals surface area (Å²) in [4.78, 5) is 39.6. The molecule has 1 atom stereocenters. The standard InChI is InChI=1S/C14H10ClN5O.C8H6ClNO.C6H5ClN4.C4H8O/c1-20-13-9(5-18-20)12(16-6-17-13)11-8-4-7(15)2-3-10(8)19-14(11)21;9-6-1-2-7-5(3-6)4-8(11)10-7;1-11-6-4(2-10-11)5(7)8-3-9-6;1-2-4-5-3-1/h2-6,11H,1H3,(H,19,21);1-3H,4H2,(H,10,11);2-3H,1H3;1-4H2. The number of benzene rings is 2. The predicted octanol–water partition coefficient (Wildman–Crippen LogP) is 5.75.